The number of carbonyl (C=O) groups is 1. The Labute approximate surface area is 107 Å². The van der Waals surface area contributed by atoms with Gasteiger partial charge in [-0.3, -0.25) is 9.78 Å². The van der Waals surface area contributed by atoms with E-state index >= 15 is 0 Å². The summed E-state index contributed by atoms with van der Waals surface area (Å²) in [7, 11) is 0. The minimum Gasteiger partial charge on any atom is -0.368 e. The number of hydrogen-bond acceptors (Lipinski definition) is 4. The molecule has 0 bridgehead atoms. The van der Waals surface area contributed by atoms with Gasteiger partial charge < -0.3 is 16.0 Å². The molecule has 2 rings (SSSR count). The normalized spacial score (nSPS) is 20.8. The first kappa shape index (κ1) is 12.8. The van der Waals surface area contributed by atoms with E-state index in [2.05, 4.69) is 15.2 Å². The van der Waals surface area contributed by atoms with Crippen molar-refractivity contribution in [2.75, 3.05) is 18.0 Å². The van der Waals surface area contributed by atoms with Gasteiger partial charge in [0.15, 0.2) is 0 Å². The maximum atomic E-state index is 11.0. The molecular formula is C13H20N4O. The Bertz CT molecular complexity index is 416. The summed E-state index contributed by atoms with van der Waals surface area (Å²) in [4.78, 5) is 17.6. The largest absolute Gasteiger partial charge is 0.368 e. The van der Waals surface area contributed by atoms with Gasteiger partial charge in [-0.05, 0) is 25.5 Å². The van der Waals surface area contributed by atoms with E-state index in [0.717, 1.165) is 30.9 Å². The zero-order valence-electron chi connectivity index (χ0n) is 10.9. The molecule has 18 heavy (non-hydrogen) atoms. The SMILES string of the molecule is CC(=O)NC1CCN(c2ccc([C@@H](C)N)nc2)C1. The van der Waals surface area contributed by atoms with Gasteiger partial charge in [0.25, 0.3) is 0 Å². The third-order valence-electron chi connectivity index (χ3n) is 3.20. The van der Waals surface area contributed by atoms with E-state index in [1.54, 1.807) is 6.92 Å². The summed E-state index contributed by atoms with van der Waals surface area (Å²) in [6.45, 7) is 5.27. The number of nitrogens with one attached hydrogen (secondary N) is 1. The maximum Gasteiger partial charge on any atom is 0.217 e. The summed E-state index contributed by atoms with van der Waals surface area (Å²) in [6.07, 6.45) is 2.84. The molecule has 0 saturated carbocycles. The van der Waals surface area contributed by atoms with Gasteiger partial charge in [-0.15, -0.1) is 0 Å². The Kier molecular flexibility index (Phi) is 3.81. The van der Waals surface area contributed by atoms with Gasteiger partial charge in [0.2, 0.25) is 5.91 Å². The van der Waals surface area contributed by atoms with Crippen LogP contribution in [0.4, 0.5) is 5.69 Å². The highest BCUT2D eigenvalue weighted by Gasteiger charge is 2.23. The summed E-state index contributed by atoms with van der Waals surface area (Å²) >= 11 is 0. The Morgan fingerprint density at radius 1 is 1.61 bits per heavy atom. The molecule has 5 heteroatoms. The van der Waals surface area contributed by atoms with Gasteiger partial charge in [-0.25, -0.2) is 0 Å². The van der Waals surface area contributed by atoms with Gasteiger partial charge in [-0.1, -0.05) is 0 Å². The first-order valence-electron chi connectivity index (χ1n) is 6.30. The molecule has 0 radical (unpaired) electrons. The van der Waals surface area contributed by atoms with E-state index in [-0.39, 0.29) is 18.0 Å². The lowest BCUT2D eigenvalue weighted by Gasteiger charge is -2.19. The second-order valence-corrected chi connectivity index (χ2v) is 4.86. The highest BCUT2D eigenvalue weighted by molar-refractivity contribution is 5.73. The summed E-state index contributed by atoms with van der Waals surface area (Å²) in [5, 5.41) is 2.95. The van der Waals surface area contributed by atoms with Crippen LogP contribution < -0.4 is 16.0 Å². The Morgan fingerprint density at radius 2 is 2.39 bits per heavy atom. The fraction of sp³-hybridized carbons (Fsp3) is 0.538. The Morgan fingerprint density at radius 3 is 2.94 bits per heavy atom. The van der Waals surface area contributed by atoms with Gasteiger partial charge in [0.05, 0.1) is 17.6 Å². The zero-order valence-corrected chi connectivity index (χ0v) is 10.9. The molecule has 1 fully saturated rings. The molecule has 0 aliphatic carbocycles. The van der Waals surface area contributed by atoms with Crippen LogP contribution >= 0.6 is 0 Å². The average molecular weight is 248 g/mol. The van der Waals surface area contributed by atoms with Gasteiger partial charge >= 0.3 is 0 Å². The molecule has 2 heterocycles. The number of rotatable bonds is 3. The molecule has 5 nitrogen and oxygen atoms in total. The number of carbonyl (C=O) groups excluding carboxylic acids is 1. The van der Waals surface area contributed by atoms with E-state index < -0.39 is 0 Å². The lowest BCUT2D eigenvalue weighted by molar-refractivity contribution is -0.119. The van der Waals surface area contributed by atoms with Crippen LogP contribution in [0.2, 0.25) is 0 Å². The molecule has 98 valence electrons. The Hall–Kier alpha value is -1.62. The summed E-state index contributed by atoms with van der Waals surface area (Å²) in [5.41, 5.74) is 7.76. The first-order valence-corrected chi connectivity index (χ1v) is 6.30. The molecule has 1 aromatic heterocycles. The van der Waals surface area contributed by atoms with Gasteiger partial charge in [0.1, 0.15) is 0 Å². The number of anilines is 1. The minimum absolute atomic E-state index is 0.0345. The van der Waals surface area contributed by atoms with Crippen molar-refractivity contribution in [2.45, 2.75) is 32.4 Å². The molecule has 1 aromatic rings. The summed E-state index contributed by atoms with van der Waals surface area (Å²) < 4.78 is 0. The number of nitrogens with zero attached hydrogens (tertiary/aromatic N) is 2. The lowest BCUT2D eigenvalue weighted by atomic mass is 10.2. The van der Waals surface area contributed by atoms with Crippen molar-refractivity contribution in [1.29, 1.82) is 0 Å². The second-order valence-electron chi connectivity index (χ2n) is 4.86. The van der Waals surface area contributed by atoms with Crippen LogP contribution in [-0.4, -0.2) is 30.0 Å². The lowest BCUT2D eigenvalue weighted by Crippen LogP contribution is -2.35. The van der Waals surface area contributed by atoms with Crippen LogP contribution in [-0.2, 0) is 4.79 Å². The predicted molar refractivity (Wildman–Crippen MR) is 71.3 cm³/mol. The third kappa shape index (κ3) is 2.98. The van der Waals surface area contributed by atoms with E-state index in [9.17, 15) is 4.79 Å². The second kappa shape index (κ2) is 5.35. The third-order valence-corrected chi connectivity index (χ3v) is 3.20. The van der Waals surface area contributed by atoms with Crippen LogP contribution in [0.25, 0.3) is 0 Å². The number of nitrogens with two attached hydrogens (primary N) is 1. The maximum absolute atomic E-state index is 11.0. The Balaban J connectivity index is 1.98. The number of aromatic nitrogens is 1. The van der Waals surface area contributed by atoms with Crippen molar-refractivity contribution >= 4 is 11.6 Å². The summed E-state index contributed by atoms with van der Waals surface area (Å²) in [6, 6.07) is 4.22. The molecule has 1 aliphatic heterocycles. The molecule has 1 aliphatic rings. The van der Waals surface area contributed by atoms with Gasteiger partial charge in [0, 0.05) is 32.1 Å². The topological polar surface area (TPSA) is 71.2 Å². The van der Waals surface area contributed by atoms with Crippen molar-refractivity contribution in [3.63, 3.8) is 0 Å². The fourth-order valence-electron chi connectivity index (χ4n) is 2.25. The summed E-state index contributed by atoms with van der Waals surface area (Å²) in [5.74, 6) is 0.0345. The standard InChI is InChI=1S/C13H20N4O/c1-9(14)13-4-3-12(7-15-13)17-6-5-11(8-17)16-10(2)18/h3-4,7,9,11H,5-6,8,14H2,1-2H3,(H,16,18)/t9-,11?/m1/s1. The monoisotopic (exact) mass is 248 g/mol. The number of pyridine rings is 1. The molecule has 0 spiro atoms. The van der Waals surface area contributed by atoms with Gasteiger partial charge in [-0.2, -0.15) is 0 Å². The average Bonchev–Trinajstić information content (AvgIpc) is 2.76. The van der Waals surface area contributed by atoms with Crippen LogP contribution in [0.5, 0.6) is 0 Å². The fourth-order valence-corrected chi connectivity index (χ4v) is 2.25. The van der Waals surface area contributed by atoms with E-state index in [0.29, 0.717) is 0 Å². The molecule has 1 unspecified atom stereocenters. The number of amides is 1. The number of hydrogen-bond donors (Lipinski definition) is 2. The van der Waals surface area contributed by atoms with E-state index in [1.807, 2.05) is 25.3 Å². The first-order chi connectivity index (χ1) is 8.56. The highest BCUT2D eigenvalue weighted by Crippen LogP contribution is 2.20. The van der Waals surface area contributed by atoms with Crippen LogP contribution in [0.1, 0.15) is 32.0 Å². The quantitative estimate of drug-likeness (QED) is 0.830. The molecular weight excluding hydrogens is 228 g/mol. The predicted octanol–water partition coefficient (Wildman–Crippen LogP) is 0.816. The minimum atomic E-state index is -0.0373. The van der Waals surface area contributed by atoms with Crippen molar-refractivity contribution < 1.29 is 4.79 Å². The molecule has 1 amide bonds. The van der Waals surface area contributed by atoms with Crippen molar-refractivity contribution in [1.82, 2.24) is 10.3 Å². The molecule has 0 aromatic carbocycles. The molecule has 2 atom stereocenters. The van der Waals surface area contributed by atoms with E-state index in [4.69, 9.17) is 5.73 Å². The highest BCUT2D eigenvalue weighted by atomic mass is 16.1. The molecule has 1 saturated heterocycles. The zero-order chi connectivity index (χ0) is 13.1. The van der Waals surface area contributed by atoms with Crippen molar-refractivity contribution in [2.24, 2.45) is 5.73 Å². The van der Waals surface area contributed by atoms with E-state index in [1.165, 1.54) is 0 Å². The van der Waals surface area contributed by atoms with Crippen molar-refractivity contribution in [3.8, 4) is 0 Å². The smallest absolute Gasteiger partial charge is 0.217 e. The van der Waals surface area contributed by atoms with Crippen LogP contribution in [0, 0.1) is 0 Å². The van der Waals surface area contributed by atoms with Crippen molar-refractivity contribution in [3.05, 3.63) is 24.0 Å². The van der Waals surface area contributed by atoms with Crippen LogP contribution in [0.15, 0.2) is 18.3 Å². The van der Waals surface area contributed by atoms with Crippen LogP contribution in [0.3, 0.4) is 0 Å². The molecule has 3 N–H and O–H groups in total.